The third kappa shape index (κ3) is 2.77. The molecule has 0 atom stereocenters. The molecule has 0 unspecified atom stereocenters. The Labute approximate surface area is 119 Å². The summed E-state index contributed by atoms with van der Waals surface area (Å²) in [5.74, 6) is 0. The first-order chi connectivity index (χ1) is 9.58. The summed E-state index contributed by atoms with van der Waals surface area (Å²) in [6, 6.07) is 1.98. The molecule has 5 nitrogen and oxygen atoms in total. The monoisotopic (exact) mass is 277 g/mol. The average Bonchev–Trinajstić information content (AvgIpc) is 2.44. The van der Waals surface area contributed by atoms with Gasteiger partial charge in [-0.25, -0.2) is 0 Å². The quantitative estimate of drug-likeness (QED) is 0.774. The SMILES string of the molecule is CCCn1c(C)cc(N2CCN(C)CC2)c(C=O)c1=O. The summed E-state index contributed by atoms with van der Waals surface area (Å²) in [4.78, 5) is 28.2. The van der Waals surface area contributed by atoms with Crippen molar-refractivity contribution in [1.29, 1.82) is 0 Å². The molecule has 1 aliphatic rings. The number of nitrogens with zero attached hydrogens (tertiary/aromatic N) is 3. The highest BCUT2D eigenvalue weighted by Gasteiger charge is 2.20. The summed E-state index contributed by atoms with van der Waals surface area (Å²) < 4.78 is 1.70. The predicted molar refractivity (Wildman–Crippen MR) is 80.8 cm³/mol. The summed E-state index contributed by atoms with van der Waals surface area (Å²) in [7, 11) is 2.09. The van der Waals surface area contributed by atoms with Gasteiger partial charge in [-0.2, -0.15) is 0 Å². The van der Waals surface area contributed by atoms with Crippen LogP contribution >= 0.6 is 0 Å². The minimum absolute atomic E-state index is 0.157. The Balaban J connectivity index is 2.43. The molecule has 2 heterocycles. The number of aryl methyl sites for hydroxylation is 1. The number of likely N-dealkylation sites (N-methyl/N-ethyl adjacent to an activating group) is 1. The zero-order valence-electron chi connectivity index (χ0n) is 12.6. The molecule has 1 aromatic heterocycles. The first-order valence-electron chi connectivity index (χ1n) is 7.21. The second-order valence-corrected chi connectivity index (χ2v) is 5.45. The number of hydrogen-bond acceptors (Lipinski definition) is 4. The Bertz CT molecular complexity index is 543. The van der Waals surface area contributed by atoms with Gasteiger partial charge in [0.25, 0.3) is 5.56 Å². The van der Waals surface area contributed by atoms with E-state index in [2.05, 4.69) is 16.8 Å². The Hall–Kier alpha value is -1.62. The van der Waals surface area contributed by atoms with Crippen molar-refractivity contribution in [2.75, 3.05) is 38.1 Å². The first kappa shape index (κ1) is 14.8. The maximum Gasteiger partial charge on any atom is 0.263 e. The van der Waals surface area contributed by atoms with Crippen molar-refractivity contribution in [3.8, 4) is 0 Å². The van der Waals surface area contributed by atoms with E-state index in [-0.39, 0.29) is 5.56 Å². The van der Waals surface area contributed by atoms with Crippen LogP contribution in [0.2, 0.25) is 0 Å². The smallest absolute Gasteiger partial charge is 0.263 e. The van der Waals surface area contributed by atoms with Crippen LogP contribution in [0, 0.1) is 6.92 Å². The maximum absolute atomic E-state index is 12.4. The number of anilines is 1. The number of rotatable bonds is 4. The van der Waals surface area contributed by atoms with E-state index in [4.69, 9.17) is 0 Å². The van der Waals surface area contributed by atoms with Crippen LogP contribution < -0.4 is 10.5 Å². The van der Waals surface area contributed by atoms with Crippen LogP contribution in [0.5, 0.6) is 0 Å². The summed E-state index contributed by atoms with van der Waals surface area (Å²) >= 11 is 0. The van der Waals surface area contributed by atoms with Gasteiger partial charge < -0.3 is 14.4 Å². The lowest BCUT2D eigenvalue weighted by atomic mass is 10.1. The standard InChI is InChI=1S/C15H23N3O2/c1-4-5-18-12(2)10-14(13(11-19)15(18)20)17-8-6-16(3)7-9-17/h10-11H,4-9H2,1-3H3. The molecule has 1 aliphatic heterocycles. The molecule has 0 amide bonds. The minimum atomic E-state index is -0.157. The maximum atomic E-state index is 12.4. The van der Waals surface area contributed by atoms with Gasteiger partial charge in [0, 0.05) is 38.4 Å². The van der Waals surface area contributed by atoms with Crippen LogP contribution in [-0.4, -0.2) is 49.0 Å². The third-order valence-corrected chi connectivity index (χ3v) is 3.93. The molecule has 0 bridgehead atoms. The van der Waals surface area contributed by atoms with E-state index >= 15 is 0 Å². The fraction of sp³-hybridized carbons (Fsp3) is 0.600. The number of hydrogen-bond donors (Lipinski definition) is 0. The van der Waals surface area contributed by atoms with E-state index in [1.807, 2.05) is 19.9 Å². The van der Waals surface area contributed by atoms with E-state index in [0.29, 0.717) is 18.4 Å². The largest absolute Gasteiger partial charge is 0.368 e. The number of pyridine rings is 1. The second kappa shape index (κ2) is 6.22. The van der Waals surface area contributed by atoms with Crippen LogP contribution in [0.4, 0.5) is 5.69 Å². The highest BCUT2D eigenvalue weighted by molar-refractivity contribution is 5.84. The van der Waals surface area contributed by atoms with Crippen molar-refractivity contribution >= 4 is 12.0 Å². The Morgan fingerprint density at radius 3 is 2.45 bits per heavy atom. The Morgan fingerprint density at radius 2 is 1.90 bits per heavy atom. The molecule has 5 heteroatoms. The molecular weight excluding hydrogens is 254 g/mol. The number of aldehydes is 1. The number of carbonyl (C=O) groups is 1. The topological polar surface area (TPSA) is 45.5 Å². The fourth-order valence-corrected chi connectivity index (χ4v) is 2.69. The van der Waals surface area contributed by atoms with Crippen molar-refractivity contribution in [2.24, 2.45) is 0 Å². The molecule has 0 aromatic carbocycles. The van der Waals surface area contributed by atoms with E-state index in [1.54, 1.807) is 4.57 Å². The van der Waals surface area contributed by atoms with Gasteiger partial charge in [0.15, 0.2) is 6.29 Å². The second-order valence-electron chi connectivity index (χ2n) is 5.45. The molecule has 0 spiro atoms. The van der Waals surface area contributed by atoms with Gasteiger partial charge >= 0.3 is 0 Å². The predicted octanol–water partition coefficient (Wildman–Crippen LogP) is 1.13. The van der Waals surface area contributed by atoms with Gasteiger partial charge in [-0.15, -0.1) is 0 Å². The fourth-order valence-electron chi connectivity index (χ4n) is 2.69. The molecule has 1 aromatic rings. The summed E-state index contributed by atoms with van der Waals surface area (Å²) in [5.41, 5.74) is 1.86. The highest BCUT2D eigenvalue weighted by Crippen LogP contribution is 2.20. The van der Waals surface area contributed by atoms with Crippen LogP contribution in [0.25, 0.3) is 0 Å². The van der Waals surface area contributed by atoms with Gasteiger partial charge in [-0.1, -0.05) is 6.92 Å². The van der Waals surface area contributed by atoms with Gasteiger partial charge in [0.2, 0.25) is 0 Å². The average molecular weight is 277 g/mol. The zero-order chi connectivity index (χ0) is 14.7. The van der Waals surface area contributed by atoms with E-state index in [0.717, 1.165) is 44.0 Å². The summed E-state index contributed by atoms with van der Waals surface area (Å²) in [6.45, 7) is 8.24. The molecule has 0 saturated carbocycles. The molecule has 2 rings (SSSR count). The van der Waals surface area contributed by atoms with E-state index in [1.165, 1.54) is 0 Å². The van der Waals surface area contributed by atoms with Gasteiger partial charge in [-0.3, -0.25) is 9.59 Å². The summed E-state index contributed by atoms with van der Waals surface area (Å²) in [6.07, 6.45) is 1.59. The van der Waals surface area contributed by atoms with Crippen LogP contribution in [-0.2, 0) is 6.54 Å². The lowest BCUT2D eigenvalue weighted by molar-refractivity contribution is 0.112. The molecule has 0 N–H and O–H groups in total. The minimum Gasteiger partial charge on any atom is -0.368 e. The lowest BCUT2D eigenvalue weighted by Crippen LogP contribution is -2.45. The van der Waals surface area contributed by atoms with Crippen LogP contribution in [0.15, 0.2) is 10.9 Å². The third-order valence-electron chi connectivity index (χ3n) is 3.93. The number of piperazine rings is 1. The van der Waals surface area contributed by atoms with Crippen molar-refractivity contribution in [3.05, 3.63) is 27.7 Å². The van der Waals surface area contributed by atoms with E-state index in [9.17, 15) is 9.59 Å². The van der Waals surface area contributed by atoms with Crippen molar-refractivity contribution in [2.45, 2.75) is 26.8 Å². The highest BCUT2D eigenvalue weighted by atomic mass is 16.1. The number of carbonyl (C=O) groups excluding carboxylic acids is 1. The molecule has 1 fully saturated rings. The Kier molecular flexibility index (Phi) is 4.60. The molecule has 110 valence electrons. The van der Waals surface area contributed by atoms with Gasteiger partial charge in [0.1, 0.15) is 5.56 Å². The first-order valence-corrected chi connectivity index (χ1v) is 7.21. The molecule has 0 radical (unpaired) electrons. The van der Waals surface area contributed by atoms with E-state index < -0.39 is 0 Å². The van der Waals surface area contributed by atoms with Crippen molar-refractivity contribution in [1.82, 2.24) is 9.47 Å². The normalized spacial score (nSPS) is 16.4. The summed E-state index contributed by atoms with van der Waals surface area (Å²) in [5, 5.41) is 0. The lowest BCUT2D eigenvalue weighted by Gasteiger charge is -2.35. The molecule has 20 heavy (non-hydrogen) atoms. The van der Waals surface area contributed by atoms with Gasteiger partial charge in [0.05, 0.1) is 5.69 Å². The number of aromatic nitrogens is 1. The molecule has 1 saturated heterocycles. The van der Waals surface area contributed by atoms with Crippen LogP contribution in [0.1, 0.15) is 29.4 Å². The molecular formula is C15H23N3O2. The zero-order valence-corrected chi connectivity index (χ0v) is 12.6. The van der Waals surface area contributed by atoms with Crippen LogP contribution in [0.3, 0.4) is 0 Å². The van der Waals surface area contributed by atoms with Crippen molar-refractivity contribution < 1.29 is 4.79 Å². The van der Waals surface area contributed by atoms with Gasteiger partial charge in [-0.05, 0) is 26.5 Å². The Morgan fingerprint density at radius 1 is 1.25 bits per heavy atom. The van der Waals surface area contributed by atoms with Crippen molar-refractivity contribution in [3.63, 3.8) is 0 Å². The molecule has 0 aliphatic carbocycles.